The van der Waals surface area contributed by atoms with E-state index >= 15 is 0 Å². The lowest BCUT2D eigenvalue weighted by molar-refractivity contribution is 0.0757. The van der Waals surface area contributed by atoms with Crippen molar-refractivity contribution in [3.05, 3.63) is 40.9 Å². The molecule has 3 aromatic heterocycles. The van der Waals surface area contributed by atoms with E-state index in [1.165, 1.54) is 17.7 Å². The van der Waals surface area contributed by atoms with Crippen molar-refractivity contribution in [3.8, 4) is 0 Å². The maximum Gasteiger partial charge on any atom is 0.261 e. The van der Waals surface area contributed by atoms with Crippen LogP contribution in [0.2, 0.25) is 0 Å². The molecule has 0 radical (unpaired) electrons. The molecule has 144 valence electrons. The molecule has 0 aliphatic rings. The number of carbonyl (C=O) groups is 1. The van der Waals surface area contributed by atoms with Gasteiger partial charge in [-0.05, 0) is 44.9 Å². The summed E-state index contributed by atoms with van der Waals surface area (Å²) in [5.74, 6) is 1.43. The topological polar surface area (TPSA) is 89.3 Å². The number of fused-ring (bicyclic) bond motifs is 1. The summed E-state index contributed by atoms with van der Waals surface area (Å²) in [6, 6.07) is 3.74. The van der Waals surface area contributed by atoms with Gasteiger partial charge >= 0.3 is 0 Å². The third kappa shape index (κ3) is 4.84. The highest BCUT2D eigenvalue weighted by atomic mass is 32.1. The van der Waals surface area contributed by atoms with Crippen LogP contribution in [-0.4, -0.2) is 35.1 Å². The van der Waals surface area contributed by atoms with Crippen molar-refractivity contribution >= 4 is 33.3 Å². The minimum atomic E-state index is -0.0861. The molecule has 8 heteroatoms. The molecule has 0 bridgehead atoms. The Hall–Kier alpha value is -2.45. The third-order valence-electron chi connectivity index (χ3n) is 4.00. The van der Waals surface area contributed by atoms with Crippen LogP contribution in [0.5, 0.6) is 0 Å². The molecule has 0 aliphatic carbocycles. The number of aromatic nitrogens is 2. The fourth-order valence-corrected chi connectivity index (χ4v) is 3.74. The first kappa shape index (κ1) is 19.3. The molecule has 0 aliphatic heterocycles. The third-order valence-corrected chi connectivity index (χ3v) is 5.20. The maximum atomic E-state index is 12.6. The average Bonchev–Trinajstić information content (AvgIpc) is 3.27. The van der Waals surface area contributed by atoms with Crippen molar-refractivity contribution in [3.63, 3.8) is 0 Å². The van der Waals surface area contributed by atoms with E-state index in [1.54, 1.807) is 6.26 Å². The molecule has 0 unspecified atom stereocenters. The van der Waals surface area contributed by atoms with Gasteiger partial charge in [-0.3, -0.25) is 4.79 Å². The molecule has 0 fully saturated rings. The number of aryl methyl sites for hydroxylation is 1. The van der Waals surface area contributed by atoms with Gasteiger partial charge in [0.15, 0.2) is 0 Å². The Labute approximate surface area is 162 Å². The lowest BCUT2D eigenvalue weighted by atomic mass is 10.2. The zero-order valence-electron chi connectivity index (χ0n) is 15.7. The van der Waals surface area contributed by atoms with Crippen molar-refractivity contribution in [1.29, 1.82) is 0 Å². The predicted molar refractivity (Wildman–Crippen MR) is 106 cm³/mol. The summed E-state index contributed by atoms with van der Waals surface area (Å²) in [5, 5.41) is 7.10. The second-order valence-corrected chi connectivity index (χ2v) is 7.42. The number of ether oxygens (including phenoxy) is 1. The molecule has 1 amide bonds. The molecule has 2 N–H and O–H groups in total. The number of amides is 1. The number of anilines is 1. The highest BCUT2D eigenvalue weighted by Crippen LogP contribution is 2.33. The van der Waals surface area contributed by atoms with Crippen molar-refractivity contribution < 1.29 is 13.9 Å². The Morgan fingerprint density at radius 3 is 2.96 bits per heavy atom. The summed E-state index contributed by atoms with van der Waals surface area (Å²) in [5.41, 5.74) is 0.883. The van der Waals surface area contributed by atoms with Crippen LogP contribution >= 0.6 is 11.3 Å². The largest absolute Gasteiger partial charge is 0.467 e. The monoisotopic (exact) mass is 388 g/mol. The minimum Gasteiger partial charge on any atom is -0.467 e. The lowest BCUT2D eigenvalue weighted by Gasteiger charge is -2.08. The number of hydrogen-bond acceptors (Lipinski definition) is 7. The molecule has 0 atom stereocenters. The molecule has 0 saturated carbocycles. The Morgan fingerprint density at radius 1 is 1.37 bits per heavy atom. The van der Waals surface area contributed by atoms with Gasteiger partial charge in [0.05, 0.1) is 29.2 Å². The number of furan rings is 1. The summed E-state index contributed by atoms with van der Waals surface area (Å²) in [6.07, 6.45) is 4.13. The van der Waals surface area contributed by atoms with Gasteiger partial charge in [0.1, 0.15) is 22.7 Å². The zero-order chi connectivity index (χ0) is 19.2. The zero-order valence-corrected chi connectivity index (χ0v) is 16.6. The van der Waals surface area contributed by atoms with E-state index < -0.39 is 0 Å². The Balaban J connectivity index is 1.68. The van der Waals surface area contributed by atoms with Crippen molar-refractivity contribution in [2.24, 2.45) is 0 Å². The van der Waals surface area contributed by atoms with E-state index in [1.807, 2.05) is 32.9 Å². The normalized spacial score (nSPS) is 11.3. The summed E-state index contributed by atoms with van der Waals surface area (Å²) in [4.78, 5) is 22.7. The number of thiophene rings is 1. The molecule has 3 heterocycles. The van der Waals surface area contributed by atoms with Crippen LogP contribution in [0.15, 0.2) is 29.1 Å². The molecular formula is C19H24N4O3S. The standard InChI is InChI=1S/C19H24N4O3S/c1-12(2)25-9-5-7-20-18(24)16-13(3)15-17(22-11-23-19(15)27-16)21-10-14-6-4-8-26-14/h4,6,8,11-12H,5,7,9-10H2,1-3H3,(H,20,24)(H,21,22,23). The summed E-state index contributed by atoms with van der Waals surface area (Å²) in [7, 11) is 0. The average molecular weight is 388 g/mol. The van der Waals surface area contributed by atoms with Gasteiger partial charge in [-0.15, -0.1) is 11.3 Å². The molecule has 7 nitrogen and oxygen atoms in total. The number of carbonyl (C=O) groups excluding carboxylic acids is 1. The number of nitrogens with one attached hydrogen (secondary N) is 2. The highest BCUT2D eigenvalue weighted by molar-refractivity contribution is 7.20. The molecule has 3 rings (SSSR count). The molecule has 0 spiro atoms. The molecule has 0 saturated heterocycles. The van der Waals surface area contributed by atoms with Gasteiger partial charge in [0.2, 0.25) is 0 Å². The second kappa shape index (κ2) is 8.96. The van der Waals surface area contributed by atoms with Crippen molar-refractivity contribution in [1.82, 2.24) is 15.3 Å². The quantitative estimate of drug-likeness (QED) is 0.543. The molecule has 27 heavy (non-hydrogen) atoms. The van der Waals surface area contributed by atoms with Crippen molar-refractivity contribution in [2.45, 2.75) is 39.8 Å². The van der Waals surface area contributed by atoms with Gasteiger partial charge in [-0.25, -0.2) is 9.97 Å². The summed E-state index contributed by atoms with van der Waals surface area (Å²) in [6.45, 7) is 7.66. The first-order valence-electron chi connectivity index (χ1n) is 8.96. The number of rotatable bonds is 9. The Kier molecular flexibility index (Phi) is 6.41. The van der Waals surface area contributed by atoms with E-state index in [0.29, 0.717) is 30.4 Å². The van der Waals surface area contributed by atoms with Gasteiger partial charge in [0.25, 0.3) is 5.91 Å². The number of nitrogens with zero attached hydrogens (tertiary/aromatic N) is 2. The van der Waals surface area contributed by atoms with Crippen LogP contribution in [0.25, 0.3) is 10.2 Å². The SMILES string of the molecule is Cc1c(C(=O)NCCCOC(C)C)sc2ncnc(NCc3ccco3)c12. The van der Waals surface area contributed by atoms with Crippen LogP contribution in [0, 0.1) is 6.92 Å². The van der Waals surface area contributed by atoms with E-state index in [0.717, 1.165) is 28.0 Å². The Bertz CT molecular complexity index is 890. The van der Waals surface area contributed by atoms with E-state index in [9.17, 15) is 4.79 Å². The van der Waals surface area contributed by atoms with Crippen LogP contribution < -0.4 is 10.6 Å². The first-order chi connectivity index (χ1) is 13.1. The second-order valence-electron chi connectivity index (χ2n) is 6.42. The van der Waals surface area contributed by atoms with E-state index in [4.69, 9.17) is 9.15 Å². The molecule has 3 aromatic rings. The molecule has 0 aromatic carbocycles. The minimum absolute atomic E-state index is 0.0861. The van der Waals surface area contributed by atoms with Gasteiger partial charge in [-0.1, -0.05) is 0 Å². The fraction of sp³-hybridized carbons (Fsp3) is 0.421. The van der Waals surface area contributed by atoms with Crippen molar-refractivity contribution in [2.75, 3.05) is 18.5 Å². The Morgan fingerprint density at radius 2 is 2.22 bits per heavy atom. The van der Waals surface area contributed by atoms with E-state index in [-0.39, 0.29) is 12.0 Å². The summed E-state index contributed by atoms with van der Waals surface area (Å²) < 4.78 is 10.8. The summed E-state index contributed by atoms with van der Waals surface area (Å²) >= 11 is 1.38. The number of hydrogen-bond donors (Lipinski definition) is 2. The van der Waals surface area contributed by atoms with Gasteiger partial charge < -0.3 is 19.8 Å². The predicted octanol–water partition coefficient (Wildman–Crippen LogP) is 3.75. The molecular weight excluding hydrogens is 364 g/mol. The van der Waals surface area contributed by atoms with Crippen LogP contribution in [-0.2, 0) is 11.3 Å². The maximum absolute atomic E-state index is 12.6. The van der Waals surface area contributed by atoms with Gasteiger partial charge in [-0.2, -0.15) is 0 Å². The fourth-order valence-electron chi connectivity index (χ4n) is 2.68. The lowest BCUT2D eigenvalue weighted by Crippen LogP contribution is -2.25. The van der Waals surface area contributed by atoms with E-state index in [2.05, 4.69) is 20.6 Å². The highest BCUT2D eigenvalue weighted by Gasteiger charge is 2.19. The van der Waals surface area contributed by atoms with Crippen LogP contribution in [0.3, 0.4) is 0 Å². The first-order valence-corrected chi connectivity index (χ1v) is 9.78. The van der Waals surface area contributed by atoms with Crippen LogP contribution in [0.1, 0.15) is 41.3 Å². The van der Waals surface area contributed by atoms with Crippen LogP contribution in [0.4, 0.5) is 5.82 Å². The smallest absolute Gasteiger partial charge is 0.261 e. The van der Waals surface area contributed by atoms with Gasteiger partial charge in [0, 0.05) is 13.2 Å².